The predicted molar refractivity (Wildman–Crippen MR) is 61.9 cm³/mol. The highest BCUT2D eigenvalue weighted by Gasteiger charge is 2.44. The minimum Gasteiger partial charge on any atom is -0.365 e. The number of likely N-dealkylation sites (tertiary alicyclic amines) is 1. The maximum Gasteiger partial charge on any atom is 0.254 e. The molecule has 0 aromatic carbocycles. The molecule has 2 N–H and O–H groups in total. The Bertz CT molecular complexity index is 274. The topological polar surface area (TPSA) is 55.6 Å². The monoisotopic (exact) mass is 226 g/mol. The van der Waals surface area contributed by atoms with Gasteiger partial charge in [0.25, 0.3) is 5.91 Å². The van der Waals surface area contributed by atoms with Gasteiger partial charge < -0.3 is 15.4 Å². The summed E-state index contributed by atoms with van der Waals surface area (Å²) in [6.07, 6.45) is 2.87. The Kier molecular flexibility index (Phi) is 3.22. The second kappa shape index (κ2) is 4.34. The number of hydrogen-bond donors (Lipinski definition) is 1. The van der Waals surface area contributed by atoms with Gasteiger partial charge in [0.15, 0.2) is 0 Å². The highest BCUT2D eigenvalue weighted by Crippen LogP contribution is 2.31. The summed E-state index contributed by atoms with van der Waals surface area (Å²) in [5, 5.41) is 0. The summed E-state index contributed by atoms with van der Waals surface area (Å²) >= 11 is 0. The number of nitrogens with zero attached hydrogens (tertiary/aromatic N) is 1. The van der Waals surface area contributed by atoms with Crippen LogP contribution >= 0.6 is 0 Å². The van der Waals surface area contributed by atoms with Crippen molar-refractivity contribution in [2.45, 2.75) is 44.8 Å². The van der Waals surface area contributed by atoms with Gasteiger partial charge in [0.2, 0.25) is 0 Å². The van der Waals surface area contributed by atoms with Gasteiger partial charge in [-0.05, 0) is 45.6 Å². The molecule has 0 aromatic heterocycles. The lowest BCUT2D eigenvalue weighted by Gasteiger charge is -2.31. The van der Waals surface area contributed by atoms with Crippen LogP contribution in [0.2, 0.25) is 0 Å². The van der Waals surface area contributed by atoms with Gasteiger partial charge in [-0.1, -0.05) is 0 Å². The van der Waals surface area contributed by atoms with E-state index in [1.54, 1.807) is 0 Å². The molecule has 0 aromatic rings. The van der Waals surface area contributed by atoms with Crippen LogP contribution in [0.5, 0.6) is 0 Å². The molecule has 3 unspecified atom stereocenters. The smallest absolute Gasteiger partial charge is 0.254 e. The highest BCUT2D eigenvalue weighted by atomic mass is 16.5. The SMILES string of the molecule is CC1CC(CN)CN1C(=O)C1(C)CCCO1. The fourth-order valence-corrected chi connectivity index (χ4v) is 2.85. The van der Waals surface area contributed by atoms with E-state index in [-0.39, 0.29) is 5.91 Å². The Balaban J connectivity index is 2.04. The lowest BCUT2D eigenvalue weighted by Crippen LogP contribution is -2.48. The average molecular weight is 226 g/mol. The number of carbonyl (C=O) groups is 1. The van der Waals surface area contributed by atoms with E-state index in [1.807, 2.05) is 11.8 Å². The van der Waals surface area contributed by atoms with Crippen molar-refractivity contribution in [1.82, 2.24) is 4.90 Å². The quantitative estimate of drug-likeness (QED) is 0.756. The maximum absolute atomic E-state index is 12.4. The van der Waals surface area contributed by atoms with Crippen molar-refractivity contribution in [3.8, 4) is 0 Å². The van der Waals surface area contributed by atoms with E-state index < -0.39 is 5.60 Å². The number of nitrogens with two attached hydrogens (primary N) is 1. The van der Waals surface area contributed by atoms with E-state index in [2.05, 4.69) is 6.92 Å². The van der Waals surface area contributed by atoms with Crippen LogP contribution in [-0.4, -0.2) is 42.1 Å². The minimum atomic E-state index is -0.572. The van der Waals surface area contributed by atoms with Gasteiger partial charge in [0.1, 0.15) is 5.60 Å². The zero-order valence-corrected chi connectivity index (χ0v) is 10.2. The van der Waals surface area contributed by atoms with E-state index in [1.165, 1.54) is 0 Å². The van der Waals surface area contributed by atoms with Crippen LogP contribution in [0.3, 0.4) is 0 Å². The molecule has 92 valence electrons. The molecular formula is C12H22N2O2. The molecule has 0 radical (unpaired) electrons. The lowest BCUT2D eigenvalue weighted by atomic mass is 10.0. The van der Waals surface area contributed by atoms with Gasteiger partial charge in [-0.3, -0.25) is 4.79 Å². The molecule has 2 fully saturated rings. The lowest BCUT2D eigenvalue weighted by molar-refractivity contribution is -0.151. The van der Waals surface area contributed by atoms with Crippen LogP contribution in [0.25, 0.3) is 0 Å². The van der Waals surface area contributed by atoms with E-state index in [9.17, 15) is 4.79 Å². The summed E-state index contributed by atoms with van der Waals surface area (Å²) in [4.78, 5) is 14.4. The molecule has 0 spiro atoms. The van der Waals surface area contributed by atoms with Crippen LogP contribution in [0.15, 0.2) is 0 Å². The van der Waals surface area contributed by atoms with E-state index >= 15 is 0 Å². The zero-order chi connectivity index (χ0) is 11.8. The van der Waals surface area contributed by atoms with Gasteiger partial charge in [-0.2, -0.15) is 0 Å². The molecule has 3 atom stereocenters. The van der Waals surface area contributed by atoms with Crippen molar-refractivity contribution in [3.05, 3.63) is 0 Å². The Hall–Kier alpha value is -0.610. The molecule has 4 nitrogen and oxygen atoms in total. The van der Waals surface area contributed by atoms with Crippen molar-refractivity contribution in [2.75, 3.05) is 19.7 Å². The molecule has 2 aliphatic rings. The maximum atomic E-state index is 12.4. The Labute approximate surface area is 97.1 Å². The number of ether oxygens (including phenoxy) is 1. The molecule has 1 amide bonds. The molecule has 0 bridgehead atoms. The minimum absolute atomic E-state index is 0.161. The second-order valence-electron chi connectivity index (χ2n) is 5.33. The first-order chi connectivity index (χ1) is 7.57. The Morgan fingerprint density at radius 3 is 2.88 bits per heavy atom. The van der Waals surface area contributed by atoms with Gasteiger partial charge >= 0.3 is 0 Å². The number of carbonyl (C=O) groups excluding carboxylic acids is 1. The van der Waals surface area contributed by atoms with Crippen molar-refractivity contribution >= 4 is 5.91 Å². The Morgan fingerprint density at radius 1 is 1.62 bits per heavy atom. The molecule has 16 heavy (non-hydrogen) atoms. The average Bonchev–Trinajstić information content (AvgIpc) is 2.85. The largest absolute Gasteiger partial charge is 0.365 e. The van der Waals surface area contributed by atoms with E-state index in [0.717, 1.165) is 25.8 Å². The third kappa shape index (κ3) is 1.96. The molecule has 2 aliphatic heterocycles. The summed E-state index contributed by atoms with van der Waals surface area (Å²) in [5.41, 5.74) is 5.10. The van der Waals surface area contributed by atoms with Gasteiger partial charge in [-0.15, -0.1) is 0 Å². The summed E-state index contributed by atoms with van der Waals surface area (Å²) in [5.74, 6) is 0.623. The van der Waals surface area contributed by atoms with Crippen molar-refractivity contribution in [2.24, 2.45) is 11.7 Å². The van der Waals surface area contributed by atoms with Gasteiger partial charge in [0, 0.05) is 19.2 Å². The third-order valence-electron chi connectivity index (χ3n) is 3.93. The summed E-state index contributed by atoms with van der Waals surface area (Å²) < 4.78 is 5.61. The molecule has 4 heteroatoms. The summed E-state index contributed by atoms with van der Waals surface area (Å²) in [7, 11) is 0. The molecule has 0 aliphatic carbocycles. The molecule has 0 saturated carbocycles. The van der Waals surface area contributed by atoms with E-state index in [4.69, 9.17) is 10.5 Å². The second-order valence-corrected chi connectivity index (χ2v) is 5.33. The van der Waals surface area contributed by atoms with Crippen LogP contribution in [0.1, 0.15) is 33.1 Å². The Morgan fingerprint density at radius 2 is 2.38 bits per heavy atom. The first-order valence-corrected chi connectivity index (χ1v) is 6.22. The number of hydrogen-bond acceptors (Lipinski definition) is 3. The predicted octanol–water partition coefficient (Wildman–Crippen LogP) is 0.751. The van der Waals surface area contributed by atoms with Gasteiger partial charge in [-0.25, -0.2) is 0 Å². The number of rotatable bonds is 2. The molecule has 2 rings (SSSR count). The standard InChI is InChI=1S/C12H22N2O2/c1-9-6-10(7-13)8-14(9)11(15)12(2)4-3-5-16-12/h9-10H,3-8,13H2,1-2H3. The fraction of sp³-hybridized carbons (Fsp3) is 0.917. The highest BCUT2D eigenvalue weighted by molar-refractivity contribution is 5.85. The fourth-order valence-electron chi connectivity index (χ4n) is 2.85. The van der Waals surface area contributed by atoms with Crippen molar-refractivity contribution in [1.29, 1.82) is 0 Å². The van der Waals surface area contributed by atoms with Crippen LogP contribution in [-0.2, 0) is 9.53 Å². The molecular weight excluding hydrogens is 204 g/mol. The summed E-state index contributed by atoms with van der Waals surface area (Å²) in [6.45, 7) is 6.21. The molecule has 2 heterocycles. The van der Waals surface area contributed by atoms with E-state index in [0.29, 0.717) is 25.1 Å². The van der Waals surface area contributed by atoms with Crippen molar-refractivity contribution < 1.29 is 9.53 Å². The zero-order valence-electron chi connectivity index (χ0n) is 10.2. The van der Waals surface area contributed by atoms with Crippen LogP contribution in [0, 0.1) is 5.92 Å². The van der Waals surface area contributed by atoms with Crippen LogP contribution < -0.4 is 5.73 Å². The number of amides is 1. The van der Waals surface area contributed by atoms with Gasteiger partial charge in [0.05, 0.1) is 0 Å². The van der Waals surface area contributed by atoms with Crippen LogP contribution in [0.4, 0.5) is 0 Å². The first kappa shape index (κ1) is 11.9. The first-order valence-electron chi connectivity index (χ1n) is 6.22. The summed E-state index contributed by atoms with van der Waals surface area (Å²) in [6, 6.07) is 0.307. The normalized spacial score (nSPS) is 39.3. The molecule has 2 saturated heterocycles. The van der Waals surface area contributed by atoms with Crippen molar-refractivity contribution in [3.63, 3.8) is 0 Å². The third-order valence-corrected chi connectivity index (χ3v) is 3.93.